The van der Waals surface area contributed by atoms with Crippen LogP contribution in [0, 0.1) is 5.92 Å². The van der Waals surface area contributed by atoms with Gasteiger partial charge in [-0.3, -0.25) is 4.74 Å². The lowest BCUT2D eigenvalue weighted by Crippen LogP contribution is -2.29. The summed E-state index contributed by atoms with van der Waals surface area (Å²) in [4.78, 5) is 11.9. The lowest BCUT2D eigenvalue weighted by molar-refractivity contribution is -0.343. The molecule has 0 aromatic carbocycles. The monoisotopic (exact) mass is 396 g/mol. The van der Waals surface area contributed by atoms with Crippen molar-refractivity contribution >= 4 is 16.9 Å². The highest BCUT2D eigenvalue weighted by Crippen LogP contribution is 2.39. The van der Waals surface area contributed by atoms with Crippen molar-refractivity contribution in [2.24, 2.45) is 5.92 Å². The van der Waals surface area contributed by atoms with Crippen molar-refractivity contribution < 1.29 is 18.3 Å². The molecule has 2 atom stereocenters. The van der Waals surface area contributed by atoms with E-state index in [1.165, 1.54) is 6.08 Å². The van der Waals surface area contributed by atoms with E-state index in [9.17, 15) is 8.78 Å². The van der Waals surface area contributed by atoms with E-state index in [-0.39, 0.29) is 11.7 Å². The Morgan fingerprint density at radius 2 is 2.14 bits per heavy atom. The first-order chi connectivity index (χ1) is 14.1. The topological polar surface area (TPSA) is 72.1 Å². The number of hydrogen-bond donors (Lipinski definition) is 2. The van der Waals surface area contributed by atoms with Crippen LogP contribution in [0.25, 0.3) is 11.0 Å². The number of alkyl halides is 2. The van der Waals surface area contributed by atoms with Crippen LogP contribution in [-0.4, -0.2) is 33.9 Å². The number of aromatic nitrogens is 3. The predicted octanol–water partition coefficient (Wildman–Crippen LogP) is 4.00. The van der Waals surface area contributed by atoms with Crippen molar-refractivity contribution in [1.82, 2.24) is 15.0 Å². The number of hydrogen-bond acceptors (Lipinski definition) is 5. The molecule has 2 N–H and O–H groups in total. The Morgan fingerprint density at radius 3 is 3.00 bits per heavy atom. The van der Waals surface area contributed by atoms with Crippen molar-refractivity contribution in [3.8, 4) is 0 Å². The van der Waals surface area contributed by atoms with E-state index in [2.05, 4.69) is 25.0 Å². The first-order valence-electron chi connectivity index (χ1n) is 9.30. The zero-order valence-corrected chi connectivity index (χ0v) is 15.3. The molecule has 2 aliphatic rings. The molecule has 8 heteroatoms. The van der Waals surface area contributed by atoms with Crippen LogP contribution in [0.5, 0.6) is 0 Å². The molecule has 1 aliphatic carbocycles. The largest absolute Gasteiger partial charge is 0.535 e. The van der Waals surface area contributed by atoms with E-state index in [4.69, 9.17) is 4.74 Å². The number of aromatic amines is 1. The van der Waals surface area contributed by atoms with E-state index in [0.717, 1.165) is 28.6 Å². The zero-order valence-electron chi connectivity index (χ0n) is 15.3. The molecule has 29 heavy (non-hydrogen) atoms. The number of anilines is 1. The van der Waals surface area contributed by atoms with Gasteiger partial charge >= 0.3 is 6.29 Å². The second-order valence-corrected chi connectivity index (χ2v) is 7.04. The fourth-order valence-corrected chi connectivity index (χ4v) is 3.66. The van der Waals surface area contributed by atoms with Gasteiger partial charge < -0.3 is 15.0 Å². The number of fused-ring (bicyclic) bond motifs is 2. The van der Waals surface area contributed by atoms with Crippen molar-refractivity contribution in [2.45, 2.75) is 18.8 Å². The second-order valence-electron chi connectivity index (χ2n) is 7.04. The molecule has 0 amide bonds. The summed E-state index contributed by atoms with van der Waals surface area (Å²) in [5, 5.41) is 4.28. The highest BCUT2D eigenvalue weighted by molar-refractivity contribution is 5.79. The Morgan fingerprint density at radius 1 is 1.21 bits per heavy atom. The predicted molar refractivity (Wildman–Crippen MR) is 103 cm³/mol. The van der Waals surface area contributed by atoms with Crippen LogP contribution in [0.15, 0.2) is 66.8 Å². The van der Waals surface area contributed by atoms with Crippen molar-refractivity contribution in [3.63, 3.8) is 0 Å². The third-order valence-corrected chi connectivity index (χ3v) is 5.06. The summed E-state index contributed by atoms with van der Waals surface area (Å²) in [6.45, 7) is 0.401. The number of halogens is 2. The van der Waals surface area contributed by atoms with Gasteiger partial charge in [0.05, 0.1) is 0 Å². The molecular formula is C21H18F2N4O2. The van der Waals surface area contributed by atoms with E-state index >= 15 is 0 Å². The number of nitrogens with zero attached hydrogens (tertiary/aromatic N) is 2. The number of allylic oxidation sites excluding steroid dienone is 2. The maximum Gasteiger partial charge on any atom is 0.535 e. The van der Waals surface area contributed by atoms with Crippen LogP contribution in [0.3, 0.4) is 0 Å². The molecule has 4 heterocycles. The Kier molecular flexibility index (Phi) is 4.28. The van der Waals surface area contributed by atoms with Gasteiger partial charge in [-0.05, 0) is 35.4 Å². The summed E-state index contributed by atoms with van der Waals surface area (Å²) in [5.41, 5.74) is 3.09. The summed E-state index contributed by atoms with van der Waals surface area (Å²) in [6.07, 6.45) is 6.94. The molecular weight excluding hydrogens is 378 g/mol. The van der Waals surface area contributed by atoms with Crippen molar-refractivity contribution in [2.75, 3.05) is 11.9 Å². The van der Waals surface area contributed by atoms with Crippen LogP contribution in [-0.2, 0) is 15.9 Å². The van der Waals surface area contributed by atoms with Crippen LogP contribution in [0.1, 0.15) is 11.1 Å². The average Bonchev–Trinajstić information content (AvgIpc) is 3.27. The molecule has 2 unspecified atom stereocenters. The molecule has 0 spiro atoms. The maximum atomic E-state index is 13.3. The van der Waals surface area contributed by atoms with Gasteiger partial charge in [-0.1, -0.05) is 18.2 Å². The highest BCUT2D eigenvalue weighted by atomic mass is 19.3. The highest BCUT2D eigenvalue weighted by Gasteiger charge is 2.50. The van der Waals surface area contributed by atoms with Gasteiger partial charge in [0.15, 0.2) is 0 Å². The fraction of sp³-hybridized carbons (Fsp3) is 0.238. The van der Waals surface area contributed by atoms with Gasteiger partial charge in [0.25, 0.3) is 0 Å². The van der Waals surface area contributed by atoms with Gasteiger partial charge in [-0.2, -0.15) is 0 Å². The summed E-state index contributed by atoms with van der Waals surface area (Å²) in [5.74, 6) is 0.550. The molecule has 148 valence electrons. The van der Waals surface area contributed by atoms with Crippen LogP contribution >= 0.6 is 0 Å². The SMILES string of the molecule is FC1(F)OC2=CC=CC(CNc3ccc(Cc4c[nH]c5ncccc45)cn3)C2O1. The molecule has 3 aromatic heterocycles. The normalized spacial score (nSPS) is 22.2. The Hall–Kier alpha value is -3.26. The van der Waals surface area contributed by atoms with Crippen molar-refractivity contribution in [3.05, 3.63) is 78.0 Å². The van der Waals surface area contributed by atoms with Gasteiger partial charge in [0.1, 0.15) is 23.3 Å². The Labute approximate surface area is 165 Å². The first kappa shape index (κ1) is 17.8. The quantitative estimate of drug-likeness (QED) is 0.682. The number of pyridine rings is 2. The number of rotatable bonds is 5. The minimum atomic E-state index is -3.57. The molecule has 0 bridgehead atoms. The van der Waals surface area contributed by atoms with Gasteiger partial charge in [-0.25, -0.2) is 9.97 Å². The molecule has 1 aliphatic heterocycles. The van der Waals surface area contributed by atoms with Crippen LogP contribution in [0.2, 0.25) is 0 Å². The summed E-state index contributed by atoms with van der Waals surface area (Å²) >= 11 is 0. The Bertz CT molecular complexity index is 1090. The first-order valence-corrected chi connectivity index (χ1v) is 9.30. The minimum Gasteiger partial charge on any atom is -0.411 e. The molecule has 3 aromatic rings. The van der Waals surface area contributed by atoms with Crippen LogP contribution in [0.4, 0.5) is 14.6 Å². The smallest absolute Gasteiger partial charge is 0.411 e. The standard InChI is InChI=1S/C21H18F2N4O2/c22-21(23)28-17-5-1-3-14(19(17)29-21)11-26-18-7-6-13(10-25-18)9-15-12-27-20-16(15)4-2-8-24-20/h1-8,10,12,14,19H,9,11H2,(H,24,27)(H,25,26). The molecule has 1 fully saturated rings. The summed E-state index contributed by atoms with van der Waals surface area (Å²) in [7, 11) is 0. The van der Waals surface area contributed by atoms with Crippen molar-refractivity contribution in [1.29, 1.82) is 0 Å². The number of H-pyrrole nitrogens is 1. The zero-order chi connectivity index (χ0) is 19.8. The van der Waals surface area contributed by atoms with Gasteiger partial charge in [0, 0.05) is 42.9 Å². The summed E-state index contributed by atoms with van der Waals surface area (Å²) in [6, 6.07) is 7.83. The van der Waals surface area contributed by atoms with Gasteiger partial charge in [-0.15, -0.1) is 8.78 Å². The maximum absolute atomic E-state index is 13.3. The van der Waals surface area contributed by atoms with E-state index in [1.807, 2.05) is 42.7 Å². The minimum absolute atomic E-state index is 0.154. The molecule has 5 rings (SSSR count). The molecule has 0 saturated carbocycles. The average molecular weight is 396 g/mol. The molecule has 6 nitrogen and oxygen atoms in total. The lowest BCUT2D eigenvalue weighted by atomic mass is 9.96. The number of ether oxygens (including phenoxy) is 2. The summed E-state index contributed by atoms with van der Waals surface area (Å²) < 4.78 is 35.9. The molecule has 1 saturated heterocycles. The van der Waals surface area contributed by atoms with Crippen LogP contribution < -0.4 is 5.32 Å². The van der Waals surface area contributed by atoms with E-state index in [0.29, 0.717) is 12.4 Å². The second kappa shape index (κ2) is 6.97. The number of nitrogens with one attached hydrogen (secondary N) is 2. The third kappa shape index (κ3) is 3.58. The van der Waals surface area contributed by atoms with Gasteiger partial charge in [0.2, 0.25) is 0 Å². The fourth-order valence-electron chi connectivity index (χ4n) is 3.66. The Balaban J connectivity index is 1.22. The van der Waals surface area contributed by atoms with E-state index < -0.39 is 12.4 Å². The third-order valence-electron chi connectivity index (χ3n) is 5.06. The lowest BCUT2D eigenvalue weighted by Gasteiger charge is -2.21. The molecule has 0 radical (unpaired) electrons. The van der Waals surface area contributed by atoms with E-state index in [1.54, 1.807) is 12.3 Å².